The van der Waals surface area contributed by atoms with Crippen LogP contribution in [0.5, 0.6) is 5.75 Å². The summed E-state index contributed by atoms with van der Waals surface area (Å²) in [5, 5.41) is 3.10. The van der Waals surface area contributed by atoms with Crippen molar-refractivity contribution < 1.29 is 17.9 Å². The van der Waals surface area contributed by atoms with E-state index in [2.05, 4.69) is 16.3 Å². The van der Waals surface area contributed by atoms with Crippen molar-refractivity contribution in [3.63, 3.8) is 0 Å². The van der Waals surface area contributed by atoms with Gasteiger partial charge in [-0.2, -0.15) is 8.42 Å². The van der Waals surface area contributed by atoms with Gasteiger partial charge in [0, 0.05) is 13.1 Å². The van der Waals surface area contributed by atoms with Crippen molar-refractivity contribution in [3.05, 3.63) is 29.8 Å². The van der Waals surface area contributed by atoms with Gasteiger partial charge in [-0.3, -0.25) is 9.69 Å². The molecule has 1 aromatic rings. The molecule has 0 radical (unpaired) electrons. The number of carbonyl (C=O) groups excluding carboxylic acids is 1. The minimum atomic E-state index is -2.46. The first-order chi connectivity index (χ1) is 11.1. The van der Waals surface area contributed by atoms with E-state index in [9.17, 15) is 13.2 Å². The van der Waals surface area contributed by atoms with Crippen LogP contribution in [-0.4, -0.2) is 50.8 Å². The minimum absolute atomic E-state index is 0.375. The second-order valence-electron chi connectivity index (χ2n) is 5.50. The van der Waals surface area contributed by atoms with Crippen molar-refractivity contribution in [2.24, 2.45) is 0 Å². The maximum atomic E-state index is 11.1. The van der Waals surface area contributed by atoms with Gasteiger partial charge in [-0.05, 0) is 50.0 Å². The van der Waals surface area contributed by atoms with Crippen molar-refractivity contribution in [1.29, 1.82) is 0 Å². The average molecular weight is 338 g/mol. The Kier molecular flexibility index (Phi) is 7.09. The van der Waals surface area contributed by atoms with E-state index in [0.717, 1.165) is 25.4 Å². The molecule has 1 fully saturated rings. The van der Waals surface area contributed by atoms with Gasteiger partial charge in [0.05, 0.1) is 6.61 Å². The lowest BCUT2D eigenvalue weighted by Crippen LogP contribution is -2.26. The molecule has 7 heteroatoms. The van der Waals surface area contributed by atoms with Crippen molar-refractivity contribution in [3.8, 4) is 5.75 Å². The van der Waals surface area contributed by atoms with Gasteiger partial charge in [-0.15, -0.1) is 0 Å². The second-order valence-corrected chi connectivity index (χ2v) is 6.26. The number of likely N-dealkylation sites (tertiary alicyclic amines) is 1. The molecule has 1 aliphatic heterocycles. The van der Waals surface area contributed by atoms with Gasteiger partial charge in [0.15, 0.2) is 0 Å². The lowest BCUT2D eigenvalue weighted by molar-refractivity contribution is -0.114. The molecule has 1 amide bonds. The highest BCUT2D eigenvalue weighted by molar-refractivity contribution is 7.73. The van der Waals surface area contributed by atoms with E-state index in [1.54, 1.807) is 0 Å². The van der Waals surface area contributed by atoms with Crippen molar-refractivity contribution in [2.45, 2.75) is 25.8 Å². The zero-order valence-corrected chi connectivity index (χ0v) is 13.8. The Labute approximate surface area is 138 Å². The average Bonchev–Trinajstić information content (AvgIpc) is 2.99. The molecule has 0 aliphatic carbocycles. The maximum Gasteiger partial charge on any atom is 0.259 e. The molecule has 1 aromatic carbocycles. The van der Waals surface area contributed by atoms with Crippen LogP contribution >= 0.6 is 0 Å². The van der Waals surface area contributed by atoms with Gasteiger partial charge < -0.3 is 10.1 Å². The maximum absolute atomic E-state index is 11.1. The quantitative estimate of drug-likeness (QED) is 0.562. The number of nitrogens with one attached hydrogen (secondary N) is 1. The van der Waals surface area contributed by atoms with Crippen LogP contribution in [0.2, 0.25) is 0 Å². The number of hydrogen-bond donors (Lipinski definition) is 1. The van der Waals surface area contributed by atoms with Crippen molar-refractivity contribution in [2.75, 3.05) is 26.2 Å². The summed E-state index contributed by atoms with van der Waals surface area (Å²) >= 11 is 0. The van der Waals surface area contributed by atoms with Crippen LogP contribution in [0.1, 0.15) is 24.8 Å². The molecular formula is C16H22N2O4S. The standard InChI is InChI=1S/C16H22N2O4S/c19-16(13-23(20)21)17-7-4-10-22-15-6-3-5-14(11-15)12-18-8-1-2-9-18/h3,5-6,11,13H,1-2,4,7-10,12H2,(H,17,19). The third kappa shape index (κ3) is 6.83. The second kappa shape index (κ2) is 9.32. The van der Waals surface area contributed by atoms with E-state index in [1.807, 2.05) is 18.2 Å². The molecule has 2 rings (SSSR count). The predicted molar refractivity (Wildman–Crippen MR) is 89.1 cm³/mol. The van der Waals surface area contributed by atoms with Crippen LogP contribution < -0.4 is 10.1 Å². The summed E-state index contributed by atoms with van der Waals surface area (Å²) in [6.45, 7) is 4.12. The monoisotopic (exact) mass is 338 g/mol. The Balaban J connectivity index is 1.69. The number of ether oxygens (including phenoxy) is 1. The zero-order valence-electron chi connectivity index (χ0n) is 13.0. The van der Waals surface area contributed by atoms with E-state index in [-0.39, 0.29) is 0 Å². The Morgan fingerprint density at radius 2 is 2.09 bits per heavy atom. The molecule has 23 heavy (non-hydrogen) atoms. The Morgan fingerprint density at radius 1 is 1.30 bits per heavy atom. The molecule has 1 saturated heterocycles. The van der Waals surface area contributed by atoms with Gasteiger partial charge in [0.2, 0.25) is 10.3 Å². The summed E-state index contributed by atoms with van der Waals surface area (Å²) in [7, 11) is -2.46. The van der Waals surface area contributed by atoms with Crippen LogP contribution in [-0.2, 0) is 21.6 Å². The van der Waals surface area contributed by atoms with E-state index in [4.69, 9.17) is 4.74 Å². The van der Waals surface area contributed by atoms with E-state index in [0.29, 0.717) is 24.9 Å². The Bertz CT molecular complexity index is 644. The summed E-state index contributed by atoms with van der Waals surface area (Å²) in [4.78, 5) is 13.5. The molecule has 0 unspecified atom stereocenters. The summed E-state index contributed by atoms with van der Waals surface area (Å²) in [6, 6.07) is 8.05. The van der Waals surface area contributed by atoms with Crippen molar-refractivity contribution >= 4 is 21.6 Å². The molecule has 0 bridgehead atoms. The van der Waals surface area contributed by atoms with Crippen LogP contribution in [0, 0.1) is 0 Å². The Morgan fingerprint density at radius 3 is 2.83 bits per heavy atom. The zero-order chi connectivity index (χ0) is 16.5. The smallest absolute Gasteiger partial charge is 0.259 e. The SMILES string of the molecule is O=C(C=S(=O)=O)NCCCOc1cccc(CN2CCCC2)c1. The molecule has 1 N–H and O–H groups in total. The van der Waals surface area contributed by atoms with Gasteiger partial charge in [-0.1, -0.05) is 12.1 Å². The molecule has 0 saturated carbocycles. The fourth-order valence-corrected chi connectivity index (χ4v) is 2.79. The van der Waals surface area contributed by atoms with E-state index < -0.39 is 16.2 Å². The topological polar surface area (TPSA) is 75.7 Å². The largest absolute Gasteiger partial charge is 0.494 e. The first-order valence-corrected chi connectivity index (χ1v) is 8.92. The van der Waals surface area contributed by atoms with Crippen LogP contribution in [0.15, 0.2) is 24.3 Å². The van der Waals surface area contributed by atoms with Crippen molar-refractivity contribution in [1.82, 2.24) is 10.2 Å². The molecule has 0 aromatic heterocycles. The number of benzene rings is 1. The highest BCUT2D eigenvalue weighted by atomic mass is 32.2. The Hall–Kier alpha value is -1.86. The summed E-state index contributed by atoms with van der Waals surface area (Å²) in [6.07, 6.45) is 3.17. The highest BCUT2D eigenvalue weighted by Crippen LogP contribution is 2.17. The fourth-order valence-electron chi connectivity index (χ4n) is 2.54. The van der Waals surface area contributed by atoms with Gasteiger partial charge in [0.25, 0.3) is 5.91 Å². The summed E-state index contributed by atoms with van der Waals surface area (Å²) < 4.78 is 26.3. The molecule has 6 nitrogen and oxygen atoms in total. The van der Waals surface area contributed by atoms with Gasteiger partial charge >= 0.3 is 0 Å². The van der Waals surface area contributed by atoms with Crippen LogP contribution in [0.25, 0.3) is 0 Å². The number of nitrogens with zero attached hydrogens (tertiary/aromatic N) is 1. The lowest BCUT2D eigenvalue weighted by atomic mass is 10.2. The van der Waals surface area contributed by atoms with E-state index in [1.165, 1.54) is 18.4 Å². The van der Waals surface area contributed by atoms with Crippen LogP contribution in [0.3, 0.4) is 0 Å². The number of hydrogen-bond acceptors (Lipinski definition) is 5. The molecule has 1 heterocycles. The summed E-state index contributed by atoms with van der Waals surface area (Å²) in [5.41, 5.74) is 1.24. The molecule has 1 aliphatic rings. The minimum Gasteiger partial charge on any atom is -0.494 e. The predicted octanol–water partition coefficient (Wildman–Crippen LogP) is 0.849. The highest BCUT2D eigenvalue weighted by Gasteiger charge is 2.11. The first kappa shape index (κ1) is 17.5. The third-order valence-corrected chi connectivity index (χ3v) is 4.00. The molecule has 0 atom stereocenters. The lowest BCUT2D eigenvalue weighted by Gasteiger charge is -2.15. The van der Waals surface area contributed by atoms with Crippen LogP contribution in [0.4, 0.5) is 0 Å². The third-order valence-electron chi connectivity index (χ3n) is 3.60. The molecule has 0 spiro atoms. The number of amides is 1. The number of rotatable bonds is 8. The van der Waals surface area contributed by atoms with Gasteiger partial charge in [-0.25, -0.2) is 0 Å². The fraction of sp³-hybridized carbons (Fsp3) is 0.500. The molecular weight excluding hydrogens is 316 g/mol. The molecule has 126 valence electrons. The normalized spacial score (nSPS) is 14.4. The number of carbonyl (C=O) groups is 1. The van der Waals surface area contributed by atoms with Gasteiger partial charge in [0.1, 0.15) is 11.1 Å². The summed E-state index contributed by atoms with van der Waals surface area (Å²) in [5.74, 6) is 0.214. The van der Waals surface area contributed by atoms with E-state index >= 15 is 0 Å². The first-order valence-electron chi connectivity index (χ1n) is 7.78.